The molecular formula is C18H30FNO. The van der Waals surface area contributed by atoms with Crippen LogP contribution >= 0.6 is 0 Å². The molecule has 0 amide bonds. The summed E-state index contributed by atoms with van der Waals surface area (Å²) >= 11 is 0. The number of nitrogens with one attached hydrogen (secondary N) is 1. The van der Waals surface area contributed by atoms with Gasteiger partial charge in [-0.1, -0.05) is 46.1 Å². The number of hydrogen-bond donors (Lipinski definition) is 1. The highest BCUT2D eigenvalue weighted by Gasteiger charge is 2.21. The van der Waals surface area contributed by atoms with E-state index in [1.165, 1.54) is 31.7 Å². The Morgan fingerprint density at radius 3 is 2.62 bits per heavy atom. The summed E-state index contributed by atoms with van der Waals surface area (Å²) in [5.74, 6) is 0.400. The molecule has 2 nitrogen and oxygen atoms in total. The van der Waals surface area contributed by atoms with Gasteiger partial charge in [0.05, 0.1) is 7.11 Å². The predicted octanol–water partition coefficient (Wildman–Crippen LogP) is 5.09. The van der Waals surface area contributed by atoms with Crippen molar-refractivity contribution in [1.82, 2.24) is 5.32 Å². The molecule has 1 N–H and O–H groups in total. The molecule has 0 bridgehead atoms. The average Bonchev–Trinajstić information content (AvgIpc) is 2.44. The topological polar surface area (TPSA) is 21.3 Å². The highest BCUT2D eigenvalue weighted by atomic mass is 19.1. The van der Waals surface area contributed by atoms with Crippen LogP contribution in [0.1, 0.15) is 65.0 Å². The van der Waals surface area contributed by atoms with E-state index in [2.05, 4.69) is 26.1 Å². The van der Waals surface area contributed by atoms with Gasteiger partial charge in [0.2, 0.25) is 0 Å². The zero-order valence-corrected chi connectivity index (χ0v) is 14.1. The summed E-state index contributed by atoms with van der Waals surface area (Å²) in [6, 6.07) is 4.91. The maximum atomic E-state index is 14.0. The Hall–Kier alpha value is -1.09. The fourth-order valence-corrected chi connectivity index (χ4v) is 2.59. The van der Waals surface area contributed by atoms with Crippen molar-refractivity contribution < 1.29 is 9.13 Å². The minimum Gasteiger partial charge on any atom is -0.496 e. The number of ether oxygens (including phenoxy) is 1. The van der Waals surface area contributed by atoms with Gasteiger partial charge in [0.15, 0.2) is 0 Å². The fourth-order valence-electron chi connectivity index (χ4n) is 2.59. The van der Waals surface area contributed by atoms with E-state index in [0.29, 0.717) is 11.3 Å². The van der Waals surface area contributed by atoms with Crippen molar-refractivity contribution in [3.05, 3.63) is 29.6 Å². The number of rotatable bonds is 9. The molecule has 1 aromatic rings. The molecule has 0 spiro atoms. The Kier molecular flexibility index (Phi) is 7.16. The first-order valence-electron chi connectivity index (χ1n) is 7.97. The molecule has 0 heterocycles. The Balaban J connectivity index is 2.63. The third-order valence-corrected chi connectivity index (χ3v) is 4.01. The number of benzene rings is 1. The van der Waals surface area contributed by atoms with Gasteiger partial charge in [-0.15, -0.1) is 0 Å². The maximum absolute atomic E-state index is 14.0. The van der Waals surface area contributed by atoms with Crippen molar-refractivity contribution in [2.75, 3.05) is 13.7 Å². The molecule has 0 aliphatic heterocycles. The molecular weight excluding hydrogens is 265 g/mol. The van der Waals surface area contributed by atoms with Crippen LogP contribution in [-0.2, 0) is 0 Å². The van der Waals surface area contributed by atoms with Crippen molar-refractivity contribution in [2.45, 2.75) is 59.4 Å². The van der Waals surface area contributed by atoms with Crippen LogP contribution < -0.4 is 10.1 Å². The lowest BCUT2D eigenvalue weighted by atomic mass is 9.86. The second-order valence-corrected chi connectivity index (χ2v) is 6.58. The Morgan fingerprint density at radius 2 is 2.00 bits per heavy atom. The Bertz CT molecular complexity index is 431. The number of halogens is 1. The number of hydrogen-bond acceptors (Lipinski definition) is 2. The van der Waals surface area contributed by atoms with Crippen LogP contribution in [0, 0.1) is 11.2 Å². The van der Waals surface area contributed by atoms with Crippen LogP contribution in [0.4, 0.5) is 4.39 Å². The van der Waals surface area contributed by atoms with Crippen LogP contribution in [0.3, 0.4) is 0 Å². The smallest absolute Gasteiger partial charge is 0.131 e. The summed E-state index contributed by atoms with van der Waals surface area (Å²) in [6.07, 6.45) is 4.96. The number of unbranched alkanes of at least 4 members (excludes halogenated alkanes) is 2. The maximum Gasteiger partial charge on any atom is 0.131 e. The summed E-state index contributed by atoms with van der Waals surface area (Å²) in [6.45, 7) is 9.61. The van der Waals surface area contributed by atoms with Gasteiger partial charge in [-0.2, -0.15) is 0 Å². The molecule has 1 aromatic carbocycles. The minimum absolute atomic E-state index is 0.0633. The van der Waals surface area contributed by atoms with Gasteiger partial charge in [-0.3, -0.25) is 0 Å². The summed E-state index contributed by atoms with van der Waals surface area (Å²) in [4.78, 5) is 0. The van der Waals surface area contributed by atoms with E-state index < -0.39 is 0 Å². The lowest BCUT2D eigenvalue weighted by molar-refractivity contribution is 0.287. The minimum atomic E-state index is -0.210. The lowest BCUT2D eigenvalue weighted by Gasteiger charge is -2.28. The van der Waals surface area contributed by atoms with E-state index >= 15 is 0 Å². The average molecular weight is 295 g/mol. The van der Waals surface area contributed by atoms with Crippen molar-refractivity contribution >= 4 is 0 Å². The molecule has 120 valence electrons. The van der Waals surface area contributed by atoms with Crippen molar-refractivity contribution in [2.24, 2.45) is 5.41 Å². The Morgan fingerprint density at radius 1 is 1.29 bits per heavy atom. The molecule has 1 unspecified atom stereocenters. The van der Waals surface area contributed by atoms with Crippen molar-refractivity contribution in [1.29, 1.82) is 0 Å². The first kappa shape index (κ1) is 18.0. The highest BCUT2D eigenvalue weighted by molar-refractivity contribution is 5.36. The number of methoxy groups -OCH3 is 1. The molecule has 0 fully saturated rings. The molecule has 3 heteroatoms. The van der Waals surface area contributed by atoms with Gasteiger partial charge in [-0.05, 0) is 30.9 Å². The molecule has 0 aliphatic carbocycles. The van der Waals surface area contributed by atoms with Crippen LogP contribution in [0.2, 0.25) is 0 Å². The van der Waals surface area contributed by atoms with E-state index in [-0.39, 0.29) is 17.3 Å². The second-order valence-electron chi connectivity index (χ2n) is 6.58. The predicted molar refractivity (Wildman–Crippen MR) is 87.3 cm³/mol. The van der Waals surface area contributed by atoms with Crippen LogP contribution in [-0.4, -0.2) is 13.7 Å². The standard InChI is InChI=1S/C18H30FNO/c1-6-7-8-12-18(3,4)13-20-14(2)17-15(19)10-9-11-16(17)21-5/h9-11,14,20H,6-8,12-13H2,1-5H3. The largest absolute Gasteiger partial charge is 0.496 e. The van der Waals surface area contributed by atoms with E-state index in [1.54, 1.807) is 13.2 Å². The van der Waals surface area contributed by atoms with Crippen LogP contribution in [0.15, 0.2) is 18.2 Å². The van der Waals surface area contributed by atoms with Gasteiger partial charge < -0.3 is 10.1 Å². The molecule has 1 atom stereocenters. The van der Waals surface area contributed by atoms with E-state index in [9.17, 15) is 4.39 Å². The molecule has 0 saturated carbocycles. The second kappa shape index (κ2) is 8.38. The zero-order valence-electron chi connectivity index (χ0n) is 14.1. The summed E-state index contributed by atoms with van der Waals surface area (Å²) in [5, 5.41) is 3.46. The van der Waals surface area contributed by atoms with E-state index in [1.807, 2.05) is 13.0 Å². The molecule has 0 radical (unpaired) electrons. The molecule has 0 saturated heterocycles. The Labute approximate surface area is 129 Å². The molecule has 1 rings (SSSR count). The van der Waals surface area contributed by atoms with Gasteiger partial charge in [0.25, 0.3) is 0 Å². The SMILES string of the molecule is CCCCCC(C)(C)CNC(C)c1c(F)cccc1OC. The van der Waals surface area contributed by atoms with Gasteiger partial charge in [0, 0.05) is 18.2 Å². The summed E-state index contributed by atoms with van der Waals surface area (Å²) in [5.41, 5.74) is 0.839. The lowest BCUT2D eigenvalue weighted by Crippen LogP contribution is -2.31. The summed E-state index contributed by atoms with van der Waals surface area (Å²) < 4.78 is 19.3. The summed E-state index contributed by atoms with van der Waals surface area (Å²) in [7, 11) is 1.58. The molecule has 0 aliphatic rings. The zero-order chi connectivity index (χ0) is 15.9. The quantitative estimate of drug-likeness (QED) is 0.641. The first-order valence-corrected chi connectivity index (χ1v) is 7.97. The monoisotopic (exact) mass is 295 g/mol. The van der Waals surface area contributed by atoms with Crippen LogP contribution in [0.5, 0.6) is 5.75 Å². The highest BCUT2D eigenvalue weighted by Crippen LogP contribution is 2.29. The molecule has 21 heavy (non-hydrogen) atoms. The van der Waals surface area contributed by atoms with Gasteiger partial charge in [-0.25, -0.2) is 4.39 Å². The fraction of sp³-hybridized carbons (Fsp3) is 0.667. The van der Waals surface area contributed by atoms with Gasteiger partial charge >= 0.3 is 0 Å². The van der Waals surface area contributed by atoms with E-state index in [0.717, 1.165) is 6.54 Å². The molecule has 0 aromatic heterocycles. The van der Waals surface area contributed by atoms with Crippen molar-refractivity contribution in [3.63, 3.8) is 0 Å². The first-order chi connectivity index (χ1) is 9.91. The third kappa shape index (κ3) is 5.66. The van der Waals surface area contributed by atoms with Gasteiger partial charge in [0.1, 0.15) is 11.6 Å². The van der Waals surface area contributed by atoms with Crippen molar-refractivity contribution in [3.8, 4) is 5.75 Å². The van der Waals surface area contributed by atoms with E-state index in [4.69, 9.17) is 4.74 Å². The third-order valence-electron chi connectivity index (χ3n) is 4.01. The van der Waals surface area contributed by atoms with Crippen LogP contribution in [0.25, 0.3) is 0 Å². The normalized spacial score (nSPS) is 13.2.